The summed E-state index contributed by atoms with van der Waals surface area (Å²) in [4.78, 5) is 13.7. The first-order valence-corrected chi connectivity index (χ1v) is 12.1. The molecule has 8 heteroatoms. The molecule has 0 aliphatic rings. The summed E-state index contributed by atoms with van der Waals surface area (Å²) >= 11 is 9.26. The summed E-state index contributed by atoms with van der Waals surface area (Å²) in [5.41, 5.74) is 3.67. The van der Waals surface area contributed by atoms with Gasteiger partial charge in [-0.25, -0.2) is 0 Å². The Labute approximate surface area is 198 Å². The molecule has 5 aromatic rings. The second kappa shape index (κ2) is 8.58. The zero-order chi connectivity index (χ0) is 22.2. The van der Waals surface area contributed by atoms with E-state index in [0.717, 1.165) is 32.0 Å². The molecule has 5 rings (SSSR count). The van der Waals surface area contributed by atoms with Crippen LogP contribution >= 0.6 is 34.7 Å². The number of thioether (sulfide) groups is 1. The van der Waals surface area contributed by atoms with Gasteiger partial charge in [-0.3, -0.25) is 4.79 Å². The number of aryl methyl sites for hydroxylation is 1. The predicted octanol–water partition coefficient (Wildman–Crippen LogP) is 6.99. The van der Waals surface area contributed by atoms with E-state index in [0.29, 0.717) is 21.7 Å². The van der Waals surface area contributed by atoms with Gasteiger partial charge in [0.15, 0.2) is 5.78 Å². The standard InChI is InChI=1S/C24H18ClN3O2S2/c1-14-12-18(15(2)28(14)16-8-4-3-5-9-16)19(29)13-31-24-27-26-23(30-24)22-21(25)17-10-6-7-11-20(17)32-22/h3-12H,13H2,1-2H3. The van der Waals surface area contributed by atoms with Crippen LogP contribution in [0.1, 0.15) is 21.7 Å². The number of thiophene rings is 1. The quantitative estimate of drug-likeness (QED) is 0.194. The van der Waals surface area contributed by atoms with E-state index >= 15 is 0 Å². The molecular weight excluding hydrogens is 462 g/mol. The van der Waals surface area contributed by atoms with Gasteiger partial charge < -0.3 is 8.98 Å². The van der Waals surface area contributed by atoms with Crippen molar-refractivity contribution >= 4 is 50.6 Å². The highest BCUT2D eigenvalue weighted by Gasteiger charge is 2.20. The first-order valence-electron chi connectivity index (χ1n) is 9.94. The van der Waals surface area contributed by atoms with Crippen molar-refractivity contribution in [2.24, 2.45) is 0 Å². The summed E-state index contributed by atoms with van der Waals surface area (Å²) < 4.78 is 8.95. The molecule has 0 saturated carbocycles. The molecule has 32 heavy (non-hydrogen) atoms. The van der Waals surface area contributed by atoms with E-state index in [1.165, 1.54) is 23.1 Å². The molecule has 160 valence electrons. The molecule has 0 fully saturated rings. The molecule has 2 aromatic carbocycles. The molecule has 0 aliphatic carbocycles. The largest absolute Gasteiger partial charge is 0.410 e. The van der Waals surface area contributed by atoms with Crippen LogP contribution in [0.5, 0.6) is 0 Å². The lowest BCUT2D eigenvalue weighted by Gasteiger charge is -2.09. The van der Waals surface area contributed by atoms with Gasteiger partial charge in [-0.05, 0) is 38.1 Å². The van der Waals surface area contributed by atoms with Crippen molar-refractivity contribution in [1.82, 2.24) is 14.8 Å². The molecule has 0 radical (unpaired) electrons. The molecule has 3 heterocycles. The second-order valence-electron chi connectivity index (χ2n) is 7.28. The highest BCUT2D eigenvalue weighted by Crippen LogP contribution is 2.41. The van der Waals surface area contributed by atoms with Crippen molar-refractivity contribution in [3.63, 3.8) is 0 Å². The summed E-state index contributed by atoms with van der Waals surface area (Å²) in [6.07, 6.45) is 0. The highest BCUT2D eigenvalue weighted by molar-refractivity contribution is 7.99. The van der Waals surface area contributed by atoms with Crippen molar-refractivity contribution < 1.29 is 9.21 Å². The summed E-state index contributed by atoms with van der Waals surface area (Å²) in [6.45, 7) is 3.97. The van der Waals surface area contributed by atoms with Gasteiger partial charge in [-0.15, -0.1) is 21.5 Å². The number of aromatic nitrogens is 3. The third-order valence-corrected chi connectivity index (χ3v) is 7.69. The predicted molar refractivity (Wildman–Crippen MR) is 130 cm³/mol. The molecule has 0 atom stereocenters. The third kappa shape index (κ3) is 3.77. The minimum Gasteiger partial charge on any atom is -0.410 e. The lowest BCUT2D eigenvalue weighted by molar-refractivity contribution is 0.102. The fourth-order valence-corrected chi connectivity index (χ4v) is 5.82. The lowest BCUT2D eigenvalue weighted by atomic mass is 10.2. The average Bonchev–Trinajstić information content (AvgIpc) is 3.49. The number of para-hydroxylation sites is 1. The average molecular weight is 480 g/mol. The monoisotopic (exact) mass is 479 g/mol. The molecule has 0 unspecified atom stereocenters. The highest BCUT2D eigenvalue weighted by atomic mass is 35.5. The van der Waals surface area contributed by atoms with Crippen LogP contribution in [0.2, 0.25) is 5.02 Å². The minimum atomic E-state index is 0.0184. The van der Waals surface area contributed by atoms with E-state index in [1.807, 2.05) is 74.5 Å². The number of carbonyl (C=O) groups excluding carboxylic acids is 1. The number of hydrogen-bond acceptors (Lipinski definition) is 6. The molecule has 0 spiro atoms. The second-order valence-corrected chi connectivity index (χ2v) is 9.64. The molecule has 0 saturated heterocycles. The van der Waals surface area contributed by atoms with Gasteiger partial charge in [0.2, 0.25) is 0 Å². The molecule has 0 bridgehead atoms. The van der Waals surface area contributed by atoms with Crippen LogP contribution in [0.15, 0.2) is 70.3 Å². The van der Waals surface area contributed by atoms with E-state index in [1.54, 1.807) is 0 Å². The first kappa shape index (κ1) is 21.0. The van der Waals surface area contributed by atoms with Gasteiger partial charge in [-0.1, -0.05) is 59.8 Å². The van der Waals surface area contributed by atoms with Crippen LogP contribution in [0.4, 0.5) is 0 Å². The van der Waals surface area contributed by atoms with Crippen molar-refractivity contribution in [3.8, 4) is 16.5 Å². The maximum absolute atomic E-state index is 12.9. The molecular formula is C24H18ClN3O2S2. The maximum atomic E-state index is 12.9. The zero-order valence-electron chi connectivity index (χ0n) is 17.3. The van der Waals surface area contributed by atoms with Crippen LogP contribution in [0.25, 0.3) is 26.5 Å². The van der Waals surface area contributed by atoms with Crippen molar-refractivity contribution in [1.29, 1.82) is 0 Å². The fourth-order valence-electron chi connectivity index (χ4n) is 3.74. The molecule has 5 nitrogen and oxygen atoms in total. The van der Waals surface area contributed by atoms with Gasteiger partial charge in [0.1, 0.15) is 4.88 Å². The number of carbonyl (C=O) groups is 1. The van der Waals surface area contributed by atoms with Gasteiger partial charge in [0.25, 0.3) is 11.1 Å². The van der Waals surface area contributed by atoms with Crippen molar-refractivity contribution in [2.75, 3.05) is 5.75 Å². The lowest BCUT2D eigenvalue weighted by Crippen LogP contribution is -2.05. The van der Waals surface area contributed by atoms with Gasteiger partial charge in [0.05, 0.1) is 10.8 Å². The number of benzene rings is 2. The number of rotatable bonds is 6. The van der Waals surface area contributed by atoms with Gasteiger partial charge in [-0.2, -0.15) is 0 Å². The fraction of sp³-hybridized carbons (Fsp3) is 0.125. The Morgan fingerprint density at radius 3 is 2.62 bits per heavy atom. The van der Waals surface area contributed by atoms with E-state index in [-0.39, 0.29) is 11.5 Å². The smallest absolute Gasteiger partial charge is 0.277 e. The van der Waals surface area contributed by atoms with E-state index in [9.17, 15) is 4.79 Å². The van der Waals surface area contributed by atoms with Crippen LogP contribution in [-0.4, -0.2) is 26.3 Å². The summed E-state index contributed by atoms with van der Waals surface area (Å²) in [5.74, 6) is 0.597. The SMILES string of the molecule is Cc1cc(C(=O)CSc2nnc(-c3sc4ccccc4c3Cl)o2)c(C)n1-c1ccccc1. The number of ketones is 1. The molecule has 0 amide bonds. The maximum Gasteiger partial charge on any atom is 0.277 e. The first-order chi connectivity index (χ1) is 15.5. The van der Waals surface area contributed by atoms with Crippen LogP contribution in [0.3, 0.4) is 0 Å². The topological polar surface area (TPSA) is 60.9 Å². The molecule has 0 N–H and O–H groups in total. The van der Waals surface area contributed by atoms with Gasteiger partial charge in [0, 0.05) is 32.7 Å². The number of nitrogens with zero attached hydrogens (tertiary/aromatic N) is 3. The minimum absolute atomic E-state index is 0.0184. The Morgan fingerprint density at radius 2 is 1.84 bits per heavy atom. The number of hydrogen-bond donors (Lipinski definition) is 0. The Balaban J connectivity index is 1.33. The number of halogens is 1. The Bertz CT molecular complexity index is 1440. The molecule has 0 aliphatic heterocycles. The molecule has 3 aromatic heterocycles. The summed E-state index contributed by atoms with van der Waals surface area (Å²) in [6, 6.07) is 19.8. The van der Waals surface area contributed by atoms with Gasteiger partial charge >= 0.3 is 0 Å². The van der Waals surface area contributed by atoms with Crippen molar-refractivity contribution in [3.05, 3.63) is 82.6 Å². The summed E-state index contributed by atoms with van der Waals surface area (Å²) in [5, 5.41) is 10.2. The summed E-state index contributed by atoms with van der Waals surface area (Å²) in [7, 11) is 0. The third-order valence-electron chi connectivity index (χ3n) is 5.21. The Morgan fingerprint density at radius 1 is 1.09 bits per heavy atom. The van der Waals surface area contributed by atoms with E-state index in [4.69, 9.17) is 16.0 Å². The van der Waals surface area contributed by atoms with Crippen molar-refractivity contribution in [2.45, 2.75) is 19.1 Å². The Kier molecular flexibility index (Phi) is 5.63. The number of Topliss-reactive ketones (excluding diaryl/α,β-unsaturated/α-hetero) is 1. The number of fused-ring (bicyclic) bond motifs is 1. The van der Waals surface area contributed by atoms with Crippen LogP contribution < -0.4 is 0 Å². The van der Waals surface area contributed by atoms with E-state index < -0.39 is 0 Å². The van der Waals surface area contributed by atoms with Crippen LogP contribution in [-0.2, 0) is 0 Å². The van der Waals surface area contributed by atoms with Crippen LogP contribution in [0, 0.1) is 13.8 Å². The zero-order valence-corrected chi connectivity index (χ0v) is 19.7. The Hall–Kier alpha value is -2.87. The normalized spacial score (nSPS) is 11.3. The van der Waals surface area contributed by atoms with E-state index in [2.05, 4.69) is 14.8 Å².